The number of hydrogen-bond donors (Lipinski definition) is 2. The van der Waals surface area contributed by atoms with Gasteiger partial charge in [0.15, 0.2) is 5.82 Å². The standard InChI is InChI=1S/C25H26ClFN6O3/c1-14(22-17(26)4-3-8-28-22)30-23(34)15-5-9-33(25(12-15)6-7-25)24(35)20-11-19(31-32-20)16-10-21(36-2)29-13-18(16)27/h3-4,8,10-11,13-15H,5-7,9,12H2,1-2H3,(H,30,34)(H,31,32)/t14-,15+/m1/s1. The van der Waals surface area contributed by atoms with Crippen LogP contribution >= 0.6 is 11.6 Å². The number of H-pyrrole nitrogens is 1. The fraction of sp³-hybridized carbons (Fsp3) is 0.400. The Balaban J connectivity index is 1.27. The average Bonchev–Trinajstić information content (AvgIpc) is 3.45. The largest absolute Gasteiger partial charge is 0.481 e. The Hall–Kier alpha value is -3.53. The monoisotopic (exact) mass is 512 g/mol. The van der Waals surface area contributed by atoms with E-state index >= 15 is 0 Å². The minimum Gasteiger partial charge on any atom is -0.481 e. The molecule has 2 aliphatic rings. The Morgan fingerprint density at radius 1 is 1.33 bits per heavy atom. The number of methoxy groups -OCH3 is 1. The van der Waals surface area contributed by atoms with Gasteiger partial charge in [-0.25, -0.2) is 9.37 Å². The van der Waals surface area contributed by atoms with Crippen LogP contribution in [0.4, 0.5) is 4.39 Å². The molecule has 36 heavy (non-hydrogen) atoms. The molecule has 0 unspecified atom stereocenters. The van der Waals surface area contributed by atoms with Crippen molar-refractivity contribution in [1.29, 1.82) is 0 Å². The highest BCUT2D eigenvalue weighted by molar-refractivity contribution is 6.31. The summed E-state index contributed by atoms with van der Waals surface area (Å²) in [7, 11) is 1.44. The van der Waals surface area contributed by atoms with Crippen LogP contribution in [0, 0.1) is 11.7 Å². The van der Waals surface area contributed by atoms with Crippen LogP contribution in [0.2, 0.25) is 5.02 Å². The third kappa shape index (κ3) is 4.53. The van der Waals surface area contributed by atoms with E-state index in [0.29, 0.717) is 30.1 Å². The first-order valence-corrected chi connectivity index (χ1v) is 12.2. The second-order valence-corrected chi connectivity index (χ2v) is 9.75. The van der Waals surface area contributed by atoms with Crippen molar-refractivity contribution in [3.05, 3.63) is 58.9 Å². The molecular weight excluding hydrogens is 487 g/mol. The number of rotatable bonds is 6. The number of aromatic nitrogens is 4. The van der Waals surface area contributed by atoms with E-state index in [9.17, 15) is 14.0 Å². The number of ether oxygens (including phenoxy) is 1. The van der Waals surface area contributed by atoms with Crippen LogP contribution in [0.15, 0.2) is 36.7 Å². The maximum absolute atomic E-state index is 14.3. The first kappa shape index (κ1) is 24.2. The molecule has 3 aromatic heterocycles. The highest BCUT2D eigenvalue weighted by atomic mass is 35.5. The van der Waals surface area contributed by atoms with Crippen molar-refractivity contribution in [3.8, 4) is 17.1 Å². The number of carbonyl (C=O) groups excluding carboxylic acids is 2. The molecule has 0 bridgehead atoms. The van der Waals surface area contributed by atoms with E-state index in [0.717, 1.165) is 19.0 Å². The van der Waals surface area contributed by atoms with Crippen LogP contribution < -0.4 is 10.1 Å². The van der Waals surface area contributed by atoms with Gasteiger partial charge >= 0.3 is 0 Å². The Morgan fingerprint density at radius 3 is 2.86 bits per heavy atom. The maximum Gasteiger partial charge on any atom is 0.272 e. The SMILES string of the molecule is COc1cc(-c2cc(C(=O)N3CC[C@H](C(=O)N[C@H](C)c4ncccc4Cl)CC34CC4)[nH]n2)c(F)cn1. The number of carbonyl (C=O) groups is 2. The van der Waals surface area contributed by atoms with Gasteiger partial charge in [-0.3, -0.25) is 19.7 Å². The molecule has 0 aromatic carbocycles. The number of aromatic amines is 1. The van der Waals surface area contributed by atoms with E-state index in [1.165, 1.54) is 19.2 Å². The highest BCUT2D eigenvalue weighted by Gasteiger charge is 2.54. The molecule has 3 aromatic rings. The molecule has 2 N–H and O–H groups in total. The number of hydrogen-bond acceptors (Lipinski definition) is 6. The molecule has 188 valence electrons. The van der Waals surface area contributed by atoms with Gasteiger partial charge in [0.2, 0.25) is 11.8 Å². The summed E-state index contributed by atoms with van der Waals surface area (Å²) in [5, 5.41) is 10.4. The lowest BCUT2D eigenvalue weighted by Gasteiger charge is -2.39. The van der Waals surface area contributed by atoms with E-state index in [4.69, 9.17) is 16.3 Å². The molecule has 1 saturated carbocycles. The number of likely N-dealkylation sites (tertiary alicyclic amines) is 1. The second kappa shape index (κ2) is 9.50. The molecular formula is C25H26ClFN6O3. The van der Waals surface area contributed by atoms with E-state index in [2.05, 4.69) is 25.5 Å². The molecule has 1 spiro atoms. The molecule has 4 heterocycles. The van der Waals surface area contributed by atoms with Crippen molar-refractivity contribution in [1.82, 2.24) is 30.4 Å². The Labute approximate surface area is 212 Å². The maximum atomic E-state index is 14.3. The average molecular weight is 513 g/mol. The summed E-state index contributed by atoms with van der Waals surface area (Å²) < 4.78 is 19.4. The molecule has 2 fully saturated rings. The molecule has 11 heteroatoms. The number of halogens is 2. The van der Waals surface area contributed by atoms with Gasteiger partial charge in [0.05, 0.1) is 35.8 Å². The van der Waals surface area contributed by atoms with Crippen molar-refractivity contribution in [3.63, 3.8) is 0 Å². The number of nitrogens with zero attached hydrogens (tertiary/aromatic N) is 4. The quantitative estimate of drug-likeness (QED) is 0.517. The minimum atomic E-state index is -0.562. The van der Waals surface area contributed by atoms with Gasteiger partial charge in [0.25, 0.3) is 5.91 Å². The first-order chi connectivity index (χ1) is 17.3. The zero-order valence-electron chi connectivity index (χ0n) is 19.9. The Morgan fingerprint density at radius 2 is 2.14 bits per heavy atom. The van der Waals surface area contributed by atoms with Gasteiger partial charge in [-0.05, 0) is 50.8 Å². The van der Waals surface area contributed by atoms with Crippen molar-refractivity contribution >= 4 is 23.4 Å². The highest BCUT2D eigenvalue weighted by Crippen LogP contribution is 2.50. The molecule has 2 atom stereocenters. The van der Waals surface area contributed by atoms with E-state index < -0.39 is 5.82 Å². The fourth-order valence-electron chi connectivity index (χ4n) is 4.91. The van der Waals surface area contributed by atoms with Crippen LogP contribution in [0.3, 0.4) is 0 Å². The predicted octanol–water partition coefficient (Wildman–Crippen LogP) is 3.93. The van der Waals surface area contributed by atoms with Gasteiger partial charge < -0.3 is 15.0 Å². The summed E-state index contributed by atoms with van der Waals surface area (Å²) in [4.78, 5) is 36.4. The molecule has 1 saturated heterocycles. The molecule has 1 aliphatic heterocycles. The van der Waals surface area contributed by atoms with Crippen molar-refractivity contribution < 1.29 is 18.7 Å². The van der Waals surface area contributed by atoms with Crippen LogP contribution in [-0.2, 0) is 4.79 Å². The van der Waals surface area contributed by atoms with Gasteiger partial charge in [0.1, 0.15) is 5.69 Å². The zero-order valence-corrected chi connectivity index (χ0v) is 20.7. The Bertz CT molecular complexity index is 1310. The molecule has 9 nitrogen and oxygen atoms in total. The number of nitrogens with one attached hydrogen (secondary N) is 2. The topological polar surface area (TPSA) is 113 Å². The first-order valence-electron chi connectivity index (χ1n) is 11.8. The smallest absolute Gasteiger partial charge is 0.272 e. The lowest BCUT2D eigenvalue weighted by molar-refractivity contribution is -0.128. The summed E-state index contributed by atoms with van der Waals surface area (Å²) in [5.41, 5.74) is 1.03. The van der Waals surface area contributed by atoms with Crippen LogP contribution in [0.25, 0.3) is 11.3 Å². The molecule has 0 radical (unpaired) electrons. The predicted molar refractivity (Wildman–Crippen MR) is 130 cm³/mol. The summed E-state index contributed by atoms with van der Waals surface area (Å²) >= 11 is 6.22. The summed E-state index contributed by atoms with van der Waals surface area (Å²) in [5.74, 6) is -0.793. The lowest BCUT2D eigenvalue weighted by Crippen LogP contribution is -2.51. The zero-order chi connectivity index (χ0) is 25.4. The number of amides is 2. The van der Waals surface area contributed by atoms with Crippen molar-refractivity contribution in [2.75, 3.05) is 13.7 Å². The van der Waals surface area contributed by atoms with Crippen molar-refractivity contribution in [2.24, 2.45) is 5.92 Å². The van der Waals surface area contributed by atoms with Gasteiger partial charge in [-0.2, -0.15) is 5.10 Å². The van der Waals surface area contributed by atoms with Gasteiger partial charge in [0, 0.05) is 35.8 Å². The van der Waals surface area contributed by atoms with E-state index in [1.807, 2.05) is 11.8 Å². The molecule has 5 rings (SSSR count). The minimum absolute atomic E-state index is 0.0615. The summed E-state index contributed by atoms with van der Waals surface area (Å²) in [6.45, 7) is 2.30. The lowest BCUT2D eigenvalue weighted by atomic mass is 9.87. The van der Waals surface area contributed by atoms with Crippen molar-refractivity contribution in [2.45, 2.75) is 44.2 Å². The van der Waals surface area contributed by atoms with Crippen LogP contribution in [0.5, 0.6) is 5.88 Å². The van der Waals surface area contributed by atoms with E-state index in [-0.39, 0.29) is 52.1 Å². The number of pyridine rings is 2. The summed E-state index contributed by atoms with van der Waals surface area (Å²) in [6, 6.07) is 6.14. The summed E-state index contributed by atoms with van der Waals surface area (Å²) in [6.07, 6.45) is 5.50. The Kier molecular flexibility index (Phi) is 6.38. The fourth-order valence-corrected chi connectivity index (χ4v) is 5.20. The number of piperidine rings is 1. The third-order valence-electron chi connectivity index (χ3n) is 7.02. The second-order valence-electron chi connectivity index (χ2n) is 9.34. The molecule has 2 amide bonds. The molecule has 1 aliphatic carbocycles. The third-order valence-corrected chi connectivity index (χ3v) is 7.34. The van der Waals surface area contributed by atoms with Crippen LogP contribution in [0.1, 0.15) is 54.8 Å². The van der Waals surface area contributed by atoms with Gasteiger partial charge in [-0.15, -0.1) is 0 Å². The van der Waals surface area contributed by atoms with E-state index in [1.54, 1.807) is 18.3 Å². The van der Waals surface area contributed by atoms with Gasteiger partial charge in [-0.1, -0.05) is 11.6 Å². The normalized spacial score (nSPS) is 19.1. The van der Waals surface area contributed by atoms with Crippen LogP contribution in [-0.4, -0.2) is 56.1 Å².